The summed E-state index contributed by atoms with van der Waals surface area (Å²) in [5.41, 5.74) is 0. The van der Waals surface area contributed by atoms with Crippen molar-refractivity contribution in [2.75, 3.05) is 13.2 Å². The maximum Gasteiger partial charge on any atom is 0.306 e. The molecule has 0 aliphatic rings. The molecule has 0 aliphatic heterocycles. The van der Waals surface area contributed by atoms with Crippen LogP contribution in [0, 0.1) is 0 Å². The van der Waals surface area contributed by atoms with Crippen LogP contribution in [0.5, 0.6) is 0 Å². The van der Waals surface area contributed by atoms with Crippen molar-refractivity contribution in [2.45, 2.75) is 348 Å². The van der Waals surface area contributed by atoms with Crippen LogP contribution in [0.4, 0.5) is 0 Å². The van der Waals surface area contributed by atoms with E-state index in [0.29, 0.717) is 19.3 Å². The van der Waals surface area contributed by atoms with E-state index >= 15 is 0 Å². The smallest absolute Gasteiger partial charge is 0.306 e. The van der Waals surface area contributed by atoms with Crippen LogP contribution in [-0.2, 0) is 28.6 Å². The molecular formula is C63H118O6. The molecule has 1 atom stereocenters. The number of unbranched alkanes of at least 4 members (excludes halogenated alkanes) is 42. The minimum absolute atomic E-state index is 0.0698. The highest BCUT2D eigenvalue weighted by Gasteiger charge is 2.19. The van der Waals surface area contributed by atoms with Gasteiger partial charge in [-0.3, -0.25) is 14.4 Å². The zero-order valence-electron chi connectivity index (χ0n) is 46.6. The first kappa shape index (κ1) is 66.9. The quantitative estimate of drug-likeness (QED) is 0.0261. The van der Waals surface area contributed by atoms with Gasteiger partial charge in [-0.25, -0.2) is 0 Å². The molecule has 0 spiro atoms. The van der Waals surface area contributed by atoms with E-state index in [0.717, 1.165) is 64.2 Å². The van der Waals surface area contributed by atoms with Gasteiger partial charge in [0.25, 0.3) is 0 Å². The highest BCUT2D eigenvalue weighted by atomic mass is 16.6. The summed E-state index contributed by atoms with van der Waals surface area (Å²) in [5.74, 6) is -0.855. The fourth-order valence-electron chi connectivity index (χ4n) is 9.26. The van der Waals surface area contributed by atoms with Crippen LogP contribution in [0.1, 0.15) is 342 Å². The van der Waals surface area contributed by atoms with Crippen molar-refractivity contribution in [2.24, 2.45) is 0 Å². The van der Waals surface area contributed by atoms with Gasteiger partial charge in [0.1, 0.15) is 13.2 Å². The molecular weight excluding hydrogens is 853 g/mol. The molecule has 0 N–H and O–H groups in total. The number of allylic oxidation sites excluding steroid dienone is 4. The van der Waals surface area contributed by atoms with Crippen LogP contribution in [0.25, 0.3) is 0 Å². The molecule has 0 aromatic carbocycles. The fraction of sp³-hybridized carbons (Fsp3) is 0.889. The summed E-state index contributed by atoms with van der Waals surface area (Å²) in [6.07, 6.45) is 68.9. The first-order valence-electron chi connectivity index (χ1n) is 30.8. The molecule has 406 valence electrons. The SMILES string of the molecule is CCCCCCCC/C=C\CCCCCCCCCCCCCC(=O)OC[C@H](COC(=O)CCCCCCCCCCCCCCCCC)OC(=O)CCCCCCC/C=C\CCCCCCCC. The molecule has 0 saturated heterocycles. The Hall–Kier alpha value is -2.11. The van der Waals surface area contributed by atoms with Crippen LogP contribution in [0.3, 0.4) is 0 Å². The lowest BCUT2D eigenvalue weighted by Crippen LogP contribution is -2.30. The van der Waals surface area contributed by atoms with E-state index in [4.69, 9.17) is 14.2 Å². The van der Waals surface area contributed by atoms with Crippen LogP contribution in [0.15, 0.2) is 24.3 Å². The summed E-state index contributed by atoms with van der Waals surface area (Å²) in [4.78, 5) is 38.2. The Labute approximate surface area is 430 Å². The predicted octanol–water partition coefficient (Wildman–Crippen LogP) is 20.7. The second-order valence-corrected chi connectivity index (χ2v) is 21.0. The molecule has 0 heterocycles. The van der Waals surface area contributed by atoms with Crippen molar-refractivity contribution < 1.29 is 28.6 Å². The largest absolute Gasteiger partial charge is 0.462 e. The third-order valence-electron chi connectivity index (χ3n) is 13.9. The summed E-state index contributed by atoms with van der Waals surface area (Å²) < 4.78 is 16.9. The molecule has 0 aromatic rings. The van der Waals surface area contributed by atoms with E-state index in [1.165, 1.54) is 238 Å². The van der Waals surface area contributed by atoms with Crippen molar-refractivity contribution in [1.29, 1.82) is 0 Å². The van der Waals surface area contributed by atoms with E-state index in [1.807, 2.05) is 0 Å². The van der Waals surface area contributed by atoms with Crippen molar-refractivity contribution in [1.82, 2.24) is 0 Å². The molecule has 0 amide bonds. The van der Waals surface area contributed by atoms with E-state index in [-0.39, 0.29) is 31.1 Å². The minimum Gasteiger partial charge on any atom is -0.462 e. The molecule has 69 heavy (non-hydrogen) atoms. The third-order valence-corrected chi connectivity index (χ3v) is 13.9. The van der Waals surface area contributed by atoms with Gasteiger partial charge >= 0.3 is 17.9 Å². The van der Waals surface area contributed by atoms with Gasteiger partial charge in [-0.2, -0.15) is 0 Å². The number of hydrogen-bond donors (Lipinski definition) is 0. The van der Waals surface area contributed by atoms with Crippen molar-refractivity contribution in [3.05, 3.63) is 24.3 Å². The van der Waals surface area contributed by atoms with E-state index in [2.05, 4.69) is 45.1 Å². The molecule has 0 radical (unpaired) electrons. The highest BCUT2D eigenvalue weighted by Crippen LogP contribution is 2.17. The topological polar surface area (TPSA) is 78.9 Å². The van der Waals surface area contributed by atoms with Gasteiger partial charge in [0, 0.05) is 19.3 Å². The number of rotatable bonds is 57. The Morgan fingerprint density at radius 2 is 0.478 bits per heavy atom. The van der Waals surface area contributed by atoms with Crippen LogP contribution in [-0.4, -0.2) is 37.2 Å². The number of hydrogen-bond acceptors (Lipinski definition) is 6. The summed E-state index contributed by atoms with van der Waals surface area (Å²) in [6.45, 7) is 6.68. The Morgan fingerprint density at radius 3 is 0.725 bits per heavy atom. The van der Waals surface area contributed by atoms with Crippen molar-refractivity contribution in [3.8, 4) is 0 Å². The summed E-state index contributed by atoms with van der Waals surface area (Å²) in [6, 6.07) is 0. The number of esters is 3. The van der Waals surface area contributed by atoms with Crippen molar-refractivity contribution >= 4 is 17.9 Å². The van der Waals surface area contributed by atoms with Gasteiger partial charge in [0.15, 0.2) is 6.10 Å². The van der Waals surface area contributed by atoms with E-state index < -0.39 is 6.10 Å². The summed E-state index contributed by atoms with van der Waals surface area (Å²) in [5, 5.41) is 0. The lowest BCUT2D eigenvalue weighted by Gasteiger charge is -2.18. The van der Waals surface area contributed by atoms with Gasteiger partial charge < -0.3 is 14.2 Å². The third kappa shape index (κ3) is 56.7. The molecule has 0 aromatic heterocycles. The minimum atomic E-state index is -0.772. The zero-order valence-corrected chi connectivity index (χ0v) is 46.6. The van der Waals surface area contributed by atoms with Crippen LogP contribution >= 0.6 is 0 Å². The van der Waals surface area contributed by atoms with Crippen LogP contribution in [0.2, 0.25) is 0 Å². The summed E-state index contributed by atoms with van der Waals surface area (Å²) >= 11 is 0. The molecule has 0 fully saturated rings. The Morgan fingerprint density at radius 1 is 0.275 bits per heavy atom. The average molecular weight is 972 g/mol. The lowest BCUT2D eigenvalue weighted by atomic mass is 10.0. The number of carbonyl (C=O) groups excluding carboxylic acids is 3. The first-order chi connectivity index (χ1) is 34.0. The molecule has 6 nitrogen and oxygen atoms in total. The average Bonchev–Trinajstić information content (AvgIpc) is 3.35. The van der Waals surface area contributed by atoms with Gasteiger partial charge in [-0.05, 0) is 70.6 Å². The Kier molecular flexibility index (Phi) is 56.7. The Bertz CT molecular complexity index is 1110. The number of carbonyl (C=O) groups is 3. The predicted molar refractivity (Wildman–Crippen MR) is 298 cm³/mol. The van der Waals surface area contributed by atoms with Crippen molar-refractivity contribution in [3.63, 3.8) is 0 Å². The second kappa shape index (κ2) is 58.5. The summed E-state index contributed by atoms with van der Waals surface area (Å²) in [7, 11) is 0. The molecule has 0 aliphatic carbocycles. The maximum atomic E-state index is 12.9. The van der Waals surface area contributed by atoms with Gasteiger partial charge in [0.2, 0.25) is 0 Å². The fourth-order valence-corrected chi connectivity index (χ4v) is 9.26. The lowest BCUT2D eigenvalue weighted by molar-refractivity contribution is -0.167. The van der Waals surface area contributed by atoms with Gasteiger partial charge in [-0.15, -0.1) is 0 Å². The number of ether oxygens (including phenoxy) is 3. The van der Waals surface area contributed by atoms with E-state index in [9.17, 15) is 14.4 Å². The standard InChI is InChI=1S/C63H118O6/c1-4-7-10-13-16-19-22-25-28-29-30-31-32-33-36-38-41-44-47-50-53-56-62(65)68-59-60(69-63(66)57-54-51-48-45-42-39-35-27-24-21-18-15-12-9-6-3)58-67-61(64)55-52-49-46-43-40-37-34-26-23-20-17-14-11-8-5-2/h25,27-28,35,60H,4-24,26,29-34,36-59H2,1-3H3/b28-25-,35-27-/t60-/m0/s1. The maximum absolute atomic E-state index is 12.9. The van der Waals surface area contributed by atoms with E-state index in [1.54, 1.807) is 0 Å². The second-order valence-electron chi connectivity index (χ2n) is 21.0. The Balaban J connectivity index is 4.30. The van der Waals surface area contributed by atoms with Crippen LogP contribution < -0.4 is 0 Å². The van der Waals surface area contributed by atoms with Gasteiger partial charge in [-0.1, -0.05) is 276 Å². The molecule has 0 saturated carbocycles. The molecule has 0 unspecified atom stereocenters. The first-order valence-corrected chi connectivity index (χ1v) is 30.8. The molecule has 0 bridgehead atoms. The van der Waals surface area contributed by atoms with Gasteiger partial charge in [0.05, 0.1) is 0 Å². The molecule has 0 rings (SSSR count). The molecule has 6 heteroatoms. The normalized spacial score (nSPS) is 12.1. The monoisotopic (exact) mass is 971 g/mol. The zero-order chi connectivity index (χ0) is 50.0. The highest BCUT2D eigenvalue weighted by molar-refractivity contribution is 5.71.